The lowest BCUT2D eigenvalue weighted by Crippen LogP contribution is -2.33. The first-order valence-electron chi connectivity index (χ1n) is 6.86. The summed E-state index contributed by atoms with van der Waals surface area (Å²) in [6.45, 7) is 3.11. The Labute approximate surface area is 122 Å². The van der Waals surface area contributed by atoms with E-state index in [0.717, 1.165) is 0 Å². The van der Waals surface area contributed by atoms with Gasteiger partial charge in [-0.15, -0.1) is 0 Å². The predicted molar refractivity (Wildman–Crippen MR) is 75.6 cm³/mol. The summed E-state index contributed by atoms with van der Waals surface area (Å²) >= 11 is 0. The van der Waals surface area contributed by atoms with Crippen LogP contribution in [-0.4, -0.2) is 39.5 Å². The number of rotatable bonds is 4. The van der Waals surface area contributed by atoms with Gasteiger partial charge in [0, 0.05) is 44.5 Å². The number of likely N-dealkylation sites (tertiary alicyclic amines) is 1. The minimum Gasteiger partial charge on any atom is -0.503 e. The van der Waals surface area contributed by atoms with Crippen molar-refractivity contribution in [1.82, 2.24) is 14.8 Å². The Kier molecular flexibility index (Phi) is 4.30. The van der Waals surface area contributed by atoms with Crippen LogP contribution in [0.2, 0.25) is 0 Å². The summed E-state index contributed by atoms with van der Waals surface area (Å²) < 4.78 is 1.58. The topological polar surface area (TPSA) is 91.6 Å². The van der Waals surface area contributed by atoms with E-state index < -0.39 is 5.43 Å². The molecule has 1 aliphatic rings. The molecule has 21 heavy (non-hydrogen) atoms. The lowest BCUT2D eigenvalue weighted by molar-refractivity contribution is -0.128. The molecule has 0 aliphatic carbocycles. The van der Waals surface area contributed by atoms with Crippen molar-refractivity contribution in [3.05, 3.63) is 28.2 Å². The van der Waals surface area contributed by atoms with E-state index in [2.05, 4.69) is 5.32 Å². The second-order valence-corrected chi connectivity index (χ2v) is 5.18. The van der Waals surface area contributed by atoms with E-state index in [1.54, 1.807) is 16.5 Å². The molecule has 2 heterocycles. The van der Waals surface area contributed by atoms with Crippen LogP contribution >= 0.6 is 0 Å². The molecule has 0 spiro atoms. The second-order valence-electron chi connectivity index (χ2n) is 5.18. The Balaban J connectivity index is 1.98. The van der Waals surface area contributed by atoms with E-state index in [1.807, 2.05) is 6.92 Å². The van der Waals surface area contributed by atoms with E-state index in [0.29, 0.717) is 18.8 Å². The van der Waals surface area contributed by atoms with Crippen LogP contribution in [-0.2, 0) is 23.2 Å². The Bertz CT molecular complexity index is 623. The van der Waals surface area contributed by atoms with E-state index in [9.17, 15) is 19.5 Å². The zero-order valence-electron chi connectivity index (χ0n) is 12.1. The number of hydrogen-bond donors (Lipinski definition) is 2. The Morgan fingerprint density at radius 3 is 2.81 bits per heavy atom. The van der Waals surface area contributed by atoms with Crippen molar-refractivity contribution in [3.8, 4) is 5.75 Å². The third-order valence-corrected chi connectivity index (χ3v) is 3.73. The van der Waals surface area contributed by atoms with E-state index in [-0.39, 0.29) is 36.4 Å². The van der Waals surface area contributed by atoms with Crippen LogP contribution < -0.4 is 10.7 Å². The Hall–Kier alpha value is -2.31. The molecule has 114 valence electrons. The number of carbonyl (C=O) groups excluding carboxylic acids is 2. The Morgan fingerprint density at radius 1 is 1.48 bits per heavy atom. The molecule has 1 unspecified atom stereocenters. The number of nitrogens with one attached hydrogen (secondary N) is 1. The molecule has 1 aromatic rings. The van der Waals surface area contributed by atoms with Crippen LogP contribution in [0.25, 0.3) is 0 Å². The fourth-order valence-corrected chi connectivity index (χ4v) is 2.41. The monoisotopic (exact) mass is 293 g/mol. The maximum Gasteiger partial charge on any atom is 0.225 e. The first-order chi connectivity index (χ1) is 9.92. The molecule has 1 aromatic heterocycles. The molecule has 1 fully saturated rings. The summed E-state index contributed by atoms with van der Waals surface area (Å²) in [6.07, 6.45) is 1.54. The molecular weight excluding hydrogens is 274 g/mol. The van der Waals surface area contributed by atoms with Gasteiger partial charge >= 0.3 is 0 Å². The standard InChI is InChI=1S/C14H19N3O4/c1-3-17-7-9(4-13(17)20)14(21)15-6-10-5-11(18)12(19)8-16(10)2/h5,8-9,19H,3-4,6-7H2,1-2H3,(H,15,21). The van der Waals surface area contributed by atoms with Crippen LogP contribution in [0.1, 0.15) is 19.0 Å². The van der Waals surface area contributed by atoms with Gasteiger partial charge in [-0.25, -0.2) is 0 Å². The first-order valence-corrected chi connectivity index (χ1v) is 6.86. The third kappa shape index (κ3) is 3.24. The number of carbonyl (C=O) groups is 2. The van der Waals surface area contributed by atoms with Crippen molar-refractivity contribution in [2.75, 3.05) is 13.1 Å². The van der Waals surface area contributed by atoms with Crippen LogP contribution in [0.5, 0.6) is 5.75 Å². The van der Waals surface area contributed by atoms with E-state index in [4.69, 9.17) is 0 Å². The minimum atomic E-state index is -0.481. The number of aromatic hydroxyl groups is 1. The van der Waals surface area contributed by atoms with Gasteiger partial charge in [-0.2, -0.15) is 0 Å². The van der Waals surface area contributed by atoms with Gasteiger partial charge in [0.2, 0.25) is 17.2 Å². The lowest BCUT2D eigenvalue weighted by Gasteiger charge is -2.14. The van der Waals surface area contributed by atoms with Gasteiger partial charge in [0.15, 0.2) is 5.75 Å². The summed E-state index contributed by atoms with van der Waals surface area (Å²) in [6, 6.07) is 1.29. The van der Waals surface area contributed by atoms with Crippen molar-refractivity contribution in [2.24, 2.45) is 13.0 Å². The quantitative estimate of drug-likeness (QED) is 0.788. The largest absolute Gasteiger partial charge is 0.503 e. The highest BCUT2D eigenvalue weighted by Gasteiger charge is 2.33. The third-order valence-electron chi connectivity index (χ3n) is 3.73. The maximum atomic E-state index is 12.1. The number of nitrogens with zero attached hydrogens (tertiary/aromatic N) is 2. The molecule has 2 amide bonds. The summed E-state index contributed by atoms with van der Waals surface area (Å²) in [5.41, 5.74) is 0.105. The molecule has 0 bridgehead atoms. The van der Waals surface area contributed by atoms with Crippen molar-refractivity contribution >= 4 is 11.8 Å². The van der Waals surface area contributed by atoms with Crippen molar-refractivity contribution < 1.29 is 14.7 Å². The zero-order valence-corrected chi connectivity index (χ0v) is 12.1. The normalized spacial score (nSPS) is 18.1. The molecule has 7 nitrogen and oxygen atoms in total. The van der Waals surface area contributed by atoms with E-state index >= 15 is 0 Å². The maximum absolute atomic E-state index is 12.1. The molecule has 0 aromatic carbocycles. The van der Waals surface area contributed by atoms with Gasteiger partial charge < -0.3 is 19.9 Å². The van der Waals surface area contributed by atoms with Gasteiger partial charge in [0.25, 0.3) is 0 Å². The zero-order chi connectivity index (χ0) is 15.6. The van der Waals surface area contributed by atoms with Gasteiger partial charge in [0.1, 0.15) is 0 Å². The SMILES string of the molecule is CCN1CC(C(=O)NCc2cc(=O)c(O)cn2C)CC1=O. The molecule has 2 rings (SSSR count). The smallest absolute Gasteiger partial charge is 0.225 e. The van der Waals surface area contributed by atoms with Gasteiger partial charge in [-0.1, -0.05) is 0 Å². The van der Waals surface area contributed by atoms with E-state index in [1.165, 1.54) is 12.3 Å². The highest BCUT2D eigenvalue weighted by molar-refractivity contribution is 5.89. The van der Waals surface area contributed by atoms with Crippen LogP contribution in [0.3, 0.4) is 0 Å². The predicted octanol–water partition coefficient (Wildman–Crippen LogP) is -0.425. The van der Waals surface area contributed by atoms with Crippen molar-refractivity contribution in [1.29, 1.82) is 0 Å². The fourth-order valence-electron chi connectivity index (χ4n) is 2.41. The van der Waals surface area contributed by atoms with Crippen LogP contribution in [0.15, 0.2) is 17.1 Å². The molecule has 2 N–H and O–H groups in total. The average molecular weight is 293 g/mol. The molecule has 7 heteroatoms. The minimum absolute atomic E-state index is 0.00492. The molecule has 1 atom stereocenters. The first kappa shape index (κ1) is 15.1. The number of pyridine rings is 1. The highest BCUT2D eigenvalue weighted by atomic mass is 16.3. The summed E-state index contributed by atoms with van der Waals surface area (Å²) in [5, 5.41) is 12.0. The van der Waals surface area contributed by atoms with Crippen LogP contribution in [0, 0.1) is 5.92 Å². The molecular formula is C14H19N3O4. The number of amides is 2. The Morgan fingerprint density at radius 2 is 2.19 bits per heavy atom. The summed E-state index contributed by atoms with van der Waals surface area (Å²) in [5.74, 6) is -0.867. The molecule has 1 aliphatic heterocycles. The highest BCUT2D eigenvalue weighted by Crippen LogP contribution is 2.17. The molecule has 0 radical (unpaired) electrons. The number of hydrogen-bond acceptors (Lipinski definition) is 4. The second kappa shape index (κ2) is 5.99. The van der Waals surface area contributed by atoms with Gasteiger partial charge in [-0.05, 0) is 6.92 Å². The number of aryl methyl sites for hydroxylation is 1. The number of aromatic nitrogens is 1. The molecule has 0 saturated carbocycles. The van der Waals surface area contributed by atoms with Crippen LogP contribution in [0.4, 0.5) is 0 Å². The fraction of sp³-hybridized carbons (Fsp3) is 0.500. The van der Waals surface area contributed by atoms with Crippen molar-refractivity contribution in [3.63, 3.8) is 0 Å². The summed E-state index contributed by atoms with van der Waals surface area (Å²) in [4.78, 5) is 36.7. The molecule has 1 saturated heterocycles. The summed E-state index contributed by atoms with van der Waals surface area (Å²) in [7, 11) is 1.68. The van der Waals surface area contributed by atoms with Gasteiger partial charge in [0.05, 0.1) is 12.5 Å². The van der Waals surface area contributed by atoms with Gasteiger partial charge in [-0.3, -0.25) is 14.4 Å². The average Bonchev–Trinajstić information content (AvgIpc) is 2.82. The van der Waals surface area contributed by atoms with Crippen molar-refractivity contribution in [2.45, 2.75) is 19.9 Å². The lowest BCUT2D eigenvalue weighted by atomic mass is 10.1.